The maximum atomic E-state index is 12.4. The van der Waals surface area contributed by atoms with Gasteiger partial charge in [0, 0.05) is 31.2 Å². The summed E-state index contributed by atoms with van der Waals surface area (Å²) < 4.78 is 0. The third-order valence-electron chi connectivity index (χ3n) is 6.72. The lowest BCUT2D eigenvalue weighted by Gasteiger charge is -2.21. The fourth-order valence-electron chi connectivity index (χ4n) is 4.41. The summed E-state index contributed by atoms with van der Waals surface area (Å²) in [5, 5.41) is 19.8. The minimum Gasteiger partial charge on any atom is -0.481 e. The van der Waals surface area contributed by atoms with Crippen molar-refractivity contribution in [2.45, 2.75) is 52.1 Å². The van der Waals surface area contributed by atoms with Gasteiger partial charge in [-0.15, -0.1) is 0 Å². The number of nitrogens with zero attached hydrogens (tertiary/aromatic N) is 1. The standard InChI is InChI=1S/C18H22N4O5.C11H10.C4H10N2O.C3H8/c1-22(9-16(24)21-12(10-23)7-17(25)26)18(27)14(19)6-11-8-20-15-5-3-2-4-13(11)15;1-9-5-4-7-10-6-2-3-8-11(9)10;1-5-3-4(7)6-2;1-3-2/h2-5,8,10,12,14,20H,6-7,9,19H2,1H3,(H,21,24)(H,25,26);2-8H,1H3;5H,3H2,1-2H3,(H,6,7);3H2,1-2H3/t12-,14-;;;/m0.../s1. The van der Waals surface area contributed by atoms with Gasteiger partial charge in [0.2, 0.25) is 17.7 Å². The predicted molar refractivity (Wildman–Crippen MR) is 191 cm³/mol. The van der Waals surface area contributed by atoms with Gasteiger partial charge >= 0.3 is 5.97 Å². The summed E-state index contributed by atoms with van der Waals surface area (Å²) >= 11 is 0. The van der Waals surface area contributed by atoms with Gasteiger partial charge in [0.1, 0.15) is 6.29 Å². The number of benzene rings is 3. The molecule has 1 heterocycles. The van der Waals surface area contributed by atoms with E-state index in [-0.39, 0.29) is 12.5 Å². The molecule has 0 aliphatic heterocycles. The van der Waals surface area contributed by atoms with E-state index in [1.165, 1.54) is 29.8 Å². The first-order valence-corrected chi connectivity index (χ1v) is 15.7. The van der Waals surface area contributed by atoms with Crippen LogP contribution < -0.4 is 21.7 Å². The molecule has 1 aromatic heterocycles. The van der Waals surface area contributed by atoms with Gasteiger partial charge in [0.05, 0.1) is 31.6 Å². The molecule has 7 N–H and O–H groups in total. The van der Waals surface area contributed by atoms with Crippen LogP contribution in [-0.2, 0) is 30.4 Å². The zero-order chi connectivity index (χ0) is 36.1. The molecule has 260 valence electrons. The summed E-state index contributed by atoms with van der Waals surface area (Å²) in [6, 6.07) is 20.5. The number of hydrogen-bond donors (Lipinski definition) is 6. The molecule has 0 aliphatic carbocycles. The van der Waals surface area contributed by atoms with Crippen molar-refractivity contribution in [1.82, 2.24) is 25.8 Å². The molecular weight excluding hydrogens is 612 g/mol. The number of aliphatic carboxylic acids is 1. The number of fused-ring (bicyclic) bond motifs is 2. The van der Waals surface area contributed by atoms with Crippen LogP contribution in [0.4, 0.5) is 0 Å². The van der Waals surface area contributed by atoms with Gasteiger partial charge in [0.15, 0.2) is 0 Å². The van der Waals surface area contributed by atoms with Crippen molar-refractivity contribution in [3.05, 3.63) is 84.1 Å². The van der Waals surface area contributed by atoms with E-state index in [2.05, 4.69) is 84.2 Å². The van der Waals surface area contributed by atoms with Crippen LogP contribution in [0.1, 0.15) is 37.8 Å². The monoisotopic (exact) mass is 662 g/mol. The number of aromatic amines is 1. The lowest BCUT2D eigenvalue weighted by atomic mass is 10.0. The highest BCUT2D eigenvalue weighted by Gasteiger charge is 2.23. The van der Waals surface area contributed by atoms with Crippen molar-refractivity contribution in [3.63, 3.8) is 0 Å². The van der Waals surface area contributed by atoms with Crippen LogP contribution in [0.3, 0.4) is 0 Å². The maximum Gasteiger partial charge on any atom is 0.305 e. The van der Waals surface area contributed by atoms with Crippen LogP contribution in [0.15, 0.2) is 72.9 Å². The Morgan fingerprint density at radius 1 is 0.938 bits per heavy atom. The molecule has 0 aliphatic rings. The van der Waals surface area contributed by atoms with E-state index in [9.17, 15) is 24.0 Å². The van der Waals surface area contributed by atoms with Gasteiger partial charge in [-0.2, -0.15) is 0 Å². The minimum absolute atomic E-state index is 0.0162. The molecular formula is C36H50N6O6. The molecule has 0 unspecified atom stereocenters. The lowest BCUT2D eigenvalue weighted by molar-refractivity contribution is -0.139. The Morgan fingerprint density at radius 3 is 2.10 bits per heavy atom. The first kappa shape index (κ1) is 41.0. The summed E-state index contributed by atoms with van der Waals surface area (Å²) in [5.41, 5.74) is 9.19. The zero-order valence-electron chi connectivity index (χ0n) is 28.7. The molecule has 4 aromatic rings. The number of rotatable bonds is 11. The number of carbonyl (C=O) groups excluding carboxylic acids is 4. The molecule has 3 aromatic carbocycles. The quantitative estimate of drug-likeness (QED) is 0.132. The highest BCUT2D eigenvalue weighted by Crippen LogP contribution is 2.19. The lowest BCUT2D eigenvalue weighted by Crippen LogP contribution is -2.48. The number of carboxylic acid groups (broad SMARTS) is 1. The van der Waals surface area contributed by atoms with Gasteiger partial charge in [-0.1, -0.05) is 80.9 Å². The topological polar surface area (TPSA) is 187 Å². The molecule has 0 saturated heterocycles. The highest BCUT2D eigenvalue weighted by atomic mass is 16.4. The molecule has 0 saturated carbocycles. The Hall–Kier alpha value is -5.07. The van der Waals surface area contributed by atoms with Crippen molar-refractivity contribution in [3.8, 4) is 0 Å². The number of likely N-dealkylation sites (N-methyl/N-ethyl adjacent to an activating group) is 3. The van der Waals surface area contributed by atoms with Crippen LogP contribution in [0, 0.1) is 6.92 Å². The molecule has 12 heteroatoms. The SMILES string of the molecule is CCC.CN(CC(=O)N[C@H](C=O)CC(=O)O)C(=O)[C@@H](N)Cc1c[nH]c2ccccc12.CNCC(=O)NC.Cc1cccc2ccccc12. The third-order valence-corrected chi connectivity index (χ3v) is 6.72. The summed E-state index contributed by atoms with van der Waals surface area (Å²) in [6.45, 7) is 6.46. The van der Waals surface area contributed by atoms with Gasteiger partial charge in [0.25, 0.3) is 0 Å². The van der Waals surface area contributed by atoms with Crippen LogP contribution in [0.5, 0.6) is 0 Å². The third kappa shape index (κ3) is 14.6. The van der Waals surface area contributed by atoms with Crippen molar-refractivity contribution in [2.24, 2.45) is 5.73 Å². The zero-order valence-corrected chi connectivity index (χ0v) is 28.7. The number of para-hydroxylation sites is 1. The number of carboxylic acids is 1. The summed E-state index contributed by atoms with van der Waals surface area (Å²) in [4.78, 5) is 60.3. The van der Waals surface area contributed by atoms with Gasteiger partial charge in [-0.3, -0.25) is 19.2 Å². The van der Waals surface area contributed by atoms with Crippen LogP contribution in [0.25, 0.3) is 21.7 Å². The number of H-pyrrole nitrogens is 1. The van der Waals surface area contributed by atoms with Crippen LogP contribution in [0.2, 0.25) is 0 Å². The van der Waals surface area contributed by atoms with Gasteiger partial charge in [-0.25, -0.2) is 0 Å². The number of aromatic nitrogens is 1. The van der Waals surface area contributed by atoms with E-state index in [1.54, 1.807) is 20.3 Å². The fourth-order valence-corrected chi connectivity index (χ4v) is 4.41. The number of carbonyl (C=O) groups is 5. The minimum atomic E-state index is -1.21. The number of amides is 3. The molecule has 0 fully saturated rings. The maximum absolute atomic E-state index is 12.4. The average Bonchev–Trinajstić information content (AvgIpc) is 3.47. The van der Waals surface area contributed by atoms with Crippen molar-refractivity contribution in [2.75, 3.05) is 34.2 Å². The predicted octanol–water partition coefficient (Wildman–Crippen LogP) is 3.17. The molecule has 12 nitrogen and oxygen atoms in total. The van der Waals surface area contributed by atoms with Gasteiger partial charge in [-0.05, 0) is 48.4 Å². The second-order valence-electron chi connectivity index (χ2n) is 11.0. The van der Waals surface area contributed by atoms with Crippen molar-refractivity contribution < 1.29 is 29.1 Å². The van der Waals surface area contributed by atoms with E-state index in [0.29, 0.717) is 19.3 Å². The first-order valence-electron chi connectivity index (χ1n) is 15.7. The molecule has 0 bridgehead atoms. The molecule has 4 rings (SSSR count). The Labute approximate surface area is 282 Å². The van der Waals surface area contributed by atoms with E-state index in [0.717, 1.165) is 21.4 Å². The largest absolute Gasteiger partial charge is 0.481 e. The molecule has 48 heavy (non-hydrogen) atoms. The summed E-state index contributed by atoms with van der Waals surface area (Å²) in [6.07, 6.45) is 3.17. The van der Waals surface area contributed by atoms with Crippen LogP contribution >= 0.6 is 0 Å². The van der Waals surface area contributed by atoms with E-state index >= 15 is 0 Å². The molecule has 3 amide bonds. The number of nitrogens with two attached hydrogens (primary N) is 1. The normalized spacial score (nSPS) is 11.2. The smallest absolute Gasteiger partial charge is 0.305 e. The summed E-state index contributed by atoms with van der Waals surface area (Å²) in [5.74, 6) is -2.26. The molecule has 0 radical (unpaired) electrons. The Bertz CT molecular complexity index is 1600. The Balaban J connectivity index is 0.000000444. The highest BCUT2D eigenvalue weighted by molar-refractivity contribution is 5.90. The number of aryl methyl sites for hydroxylation is 1. The van der Waals surface area contributed by atoms with Gasteiger partial charge < -0.3 is 41.5 Å². The Morgan fingerprint density at radius 2 is 1.54 bits per heavy atom. The van der Waals surface area contributed by atoms with Crippen molar-refractivity contribution in [1.29, 1.82) is 0 Å². The molecule has 0 spiro atoms. The van der Waals surface area contributed by atoms with Crippen molar-refractivity contribution >= 4 is 51.7 Å². The Kier molecular flexibility index (Phi) is 19.2. The number of nitrogens with one attached hydrogen (secondary N) is 4. The van der Waals surface area contributed by atoms with E-state index in [4.69, 9.17) is 10.8 Å². The number of hydrogen-bond acceptors (Lipinski definition) is 7. The first-order chi connectivity index (χ1) is 22.9. The average molecular weight is 663 g/mol. The number of aldehydes is 1. The second kappa shape index (κ2) is 22.5. The second-order valence-corrected chi connectivity index (χ2v) is 11.0. The summed E-state index contributed by atoms with van der Waals surface area (Å²) in [7, 11) is 4.76. The molecule has 2 atom stereocenters. The fraction of sp³-hybridized carbons (Fsp3) is 0.361. The van der Waals surface area contributed by atoms with E-state index < -0.39 is 36.3 Å². The van der Waals surface area contributed by atoms with E-state index in [1.807, 2.05) is 24.3 Å². The van der Waals surface area contributed by atoms with Crippen LogP contribution in [-0.4, -0.2) is 91.3 Å².